The molecule has 2 aromatic rings. The molecule has 0 saturated heterocycles. The largest absolute Gasteiger partial charge is 0.352 e. The number of aromatic nitrogens is 1. The molecule has 7 heteroatoms. The minimum Gasteiger partial charge on any atom is -0.352 e. The fourth-order valence-corrected chi connectivity index (χ4v) is 4.06. The van der Waals surface area contributed by atoms with Gasteiger partial charge in [-0.1, -0.05) is 49.1 Å². The molecule has 0 bridgehead atoms. The van der Waals surface area contributed by atoms with Crippen molar-refractivity contribution in [2.24, 2.45) is 0 Å². The molecule has 1 saturated carbocycles. The normalized spacial score (nSPS) is 14.9. The fourth-order valence-electron chi connectivity index (χ4n) is 2.91. The number of carbonyl (C=O) groups excluding carboxylic acids is 2. The maximum atomic E-state index is 12.2. The lowest BCUT2D eigenvalue weighted by atomic mass is 9.95. The Morgan fingerprint density at radius 1 is 1.20 bits per heavy atom. The van der Waals surface area contributed by atoms with Crippen LogP contribution in [0, 0.1) is 0 Å². The molecular formula is C18H20ClN3O2S. The summed E-state index contributed by atoms with van der Waals surface area (Å²) in [4.78, 5) is 28.9. The van der Waals surface area contributed by atoms with Gasteiger partial charge in [-0.15, -0.1) is 11.3 Å². The Hall–Kier alpha value is -1.92. The summed E-state index contributed by atoms with van der Waals surface area (Å²) >= 11 is 7.41. The first kappa shape index (κ1) is 17.9. The molecule has 5 nitrogen and oxygen atoms in total. The van der Waals surface area contributed by atoms with Crippen molar-refractivity contribution in [3.63, 3.8) is 0 Å². The van der Waals surface area contributed by atoms with Crippen LogP contribution in [0.25, 0.3) is 10.6 Å². The van der Waals surface area contributed by atoms with Crippen LogP contribution in [0.15, 0.2) is 30.5 Å². The van der Waals surface area contributed by atoms with E-state index in [0.29, 0.717) is 14.9 Å². The van der Waals surface area contributed by atoms with Crippen molar-refractivity contribution < 1.29 is 9.59 Å². The molecule has 0 radical (unpaired) electrons. The number of thiazole rings is 1. The van der Waals surface area contributed by atoms with Gasteiger partial charge in [-0.2, -0.15) is 0 Å². The molecule has 2 amide bonds. The van der Waals surface area contributed by atoms with E-state index in [9.17, 15) is 9.59 Å². The van der Waals surface area contributed by atoms with Crippen LogP contribution in [0.5, 0.6) is 0 Å². The highest BCUT2D eigenvalue weighted by Gasteiger charge is 2.17. The molecule has 1 heterocycles. The van der Waals surface area contributed by atoms with Crippen LogP contribution < -0.4 is 10.6 Å². The molecule has 0 aliphatic heterocycles. The number of carbonyl (C=O) groups is 2. The second-order valence-corrected chi connectivity index (χ2v) is 7.53. The van der Waals surface area contributed by atoms with Gasteiger partial charge in [-0.25, -0.2) is 4.98 Å². The van der Waals surface area contributed by atoms with E-state index in [0.717, 1.165) is 31.2 Å². The quantitative estimate of drug-likeness (QED) is 0.835. The minimum atomic E-state index is -0.297. The molecular weight excluding hydrogens is 358 g/mol. The first-order valence-electron chi connectivity index (χ1n) is 8.42. The van der Waals surface area contributed by atoms with Gasteiger partial charge in [-0.3, -0.25) is 9.59 Å². The van der Waals surface area contributed by atoms with Gasteiger partial charge in [0.1, 0.15) is 9.88 Å². The SMILES string of the molecule is O=C(CNC(=O)c1cnc(-c2ccccc2Cl)s1)NC1CCCCC1. The molecule has 0 atom stereocenters. The predicted octanol–water partition coefficient (Wildman–Crippen LogP) is 3.64. The molecule has 3 rings (SSSR count). The van der Waals surface area contributed by atoms with E-state index < -0.39 is 0 Å². The number of nitrogens with zero attached hydrogens (tertiary/aromatic N) is 1. The lowest BCUT2D eigenvalue weighted by Crippen LogP contribution is -2.42. The summed E-state index contributed by atoms with van der Waals surface area (Å²) in [6.07, 6.45) is 7.11. The van der Waals surface area contributed by atoms with Crippen LogP contribution in [0.2, 0.25) is 5.02 Å². The minimum absolute atomic E-state index is 0.0192. The molecule has 0 spiro atoms. The van der Waals surface area contributed by atoms with Crippen molar-refractivity contribution in [2.75, 3.05) is 6.54 Å². The standard InChI is InChI=1S/C18H20ClN3O2S/c19-14-9-5-4-8-13(14)18-21-10-15(25-18)17(24)20-11-16(23)22-12-6-2-1-3-7-12/h4-5,8-10,12H,1-3,6-7,11H2,(H,20,24)(H,22,23). The summed E-state index contributed by atoms with van der Waals surface area (Å²) in [6.45, 7) is -0.0192. The van der Waals surface area contributed by atoms with Crippen LogP contribution in [0.4, 0.5) is 0 Å². The average Bonchev–Trinajstić information content (AvgIpc) is 3.11. The molecule has 1 aliphatic carbocycles. The van der Waals surface area contributed by atoms with Crippen molar-refractivity contribution in [3.8, 4) is 10.6 Å². The van der Waals surface area contributed by atoms with Crippen molar-refractivity contribution in [2.45, 2.75) is 38.1 Å². The third kappa shape index (κ3) is 4.80. The summed E-state index contributed by atoms with van der Waals surface area (Å²) in [5, 5.41) is 6.91. The Labute approximate surface area is 155 Å². The predicted molar refractivity (Wildman–Crippen MR) is 99.9 cm³/mol. The van der Waals surface area contributed by atoms with Gasteiger partial charge in [-0.05, 0) is 18.9 Å². The number of rotatable bonds is 5. The highest BCUT2D eigenvalue weighted by atomic mass is 35.5. The van der Waals surface area contributed by atoms with Crippen LogP contribution >= 0.6 is 22.9 Å². The molecule has 132 valence electrons. The molecule has 1 aliphatic rings. The number of benzene rings is 1. The summed E-state index contributed by atoms with van der Waals surface area (Å²) < 4.78 is 0. The maximum absolute atomic E-state index is 12.2. The summed E-state index contributed by atoms with van der Waals surface area (Å²) in [6, 6.07) is 7.61. The van der Waals surface area contributed by atoms with Gasteiger partial charge < -0.3 is 10.6 Å². The Balaban J connectivity index is 1.53. The second-order valence-electron chi connectivity index (χ2n) is 6.09. The monoisotopic (exact) mass is 377 g/mol. The van der Waals surface area contributed by atoms with Crippen LogP contribution in [0.1, 0.15) is 41.8 Å². The fraction of sp³-hybridized carbons (Fsp3) is 0.389. The molecule has 1 aromatic carbocycles. The Morgan fingerprint density at radius 3 is 2.72 bits per heavy atom. The van der Waals surface area contributed by atoms with Gasteiger partial charge in [0.15, 0.2) is 0 Å². The lowest BCUT2D eigenvalue weighted by molar-refractivity contribution is -0.121. The van der Waals surface area contributed by atoms with E-state index in [4.69, 9.17) is 11.6 Å². The summed E-state index contributed by atoms with van der Waals surface area (Å²) in [5.41, 5.74) is 0.795. The smallest absolute Gasteiger partial charge is 0.263 e. The van der Waals surface area contributed by atoms with Gasteiger partial charge >= 0.3 is 0 Å². The average molecular weight is 378 g/mol. The highest BCUT2D eigenvalue weighted by Crippen LogP contribution is 2.30. The summed E-state index contributed by atoms with van der Waals surface area (Å²) in [7, 11) is 0. The van der Waals surface area contributed by atoms with Crippen LogP contribution in [0.3, 0.4) is 0 Å². The topological polar surface area (TPSA) is 71.1 Å². The van der Waals surface area contributed by atoms with Gasteiger partial charge in [0, 0.05) is 11.6 Å². The molecule has 25 heavy (non-hydrogen) atoms. The van der Waals surface area contributed by atoms with Crippen LogP contribution in [-0.4, -0.2) is 29.4 Å². The van der Waals surface area contributed by atoms with Gasteiger partial charge in [0.2, 0.25) is 5.91 Å². The van der Waals surface area contributed by atoms with E-state index in [-0.39, 0.29) is 24.4 Å². The Bertz CT molecular complexity index is 756. The number of halogens is 1. The van der Waals surface area contributed by atoms with Crippen LogP contribution in [-0.2, 0) is 4.79 Å². The van der Waals surface area contributed by atoms with E-state index >= 15 is 0 Å². The highest BCUT2D eigenvalue weighted by molar-refractivity contribution is 7.17. The van der Waals surface area contributed by atoms with Gasteiger partial charge in [0.25, 0.3) is 5.91 Å². The zero-order valence-electron chi connectivity index (χ0n) is 13.8. The Morgan fingerprint density at radius 2 is 1.96 bits per heavy atom. The van der Waals surface area contributed by atoms with E-state index in [1.54, 1.807) is 6.07 Å². The Kier molecular flexibility index (Phi) is 6.04. The maximum Gasteiger partial charge on any atom is 0.263 e. The van der Waals surface area contributed by atoms with E-state index in [2.05, 4.69) is 15.6 Å². The first-order valence-corrected chi connectivity index (χ1v) is 9.61. The lowest BCUT2D eigenvalue weighted by Gasteiger charge is -2.22. The first-order chi connectivity index (χ1) is 12.1. The van der Waals surface area contributed by atoms with Crippen molar-refractivity contribution in [1.82, 2.24) is 15.6 Å². The van der Waals surface area contributed by atoms with Crippen molar-refractivity contribution in [3.05, 3.63) is 40.4 Å². The van der Waals surface area contributed by atoms with Crippen molar-refractivity contribution in [1.29, 1.82) is 0 Å². The number of hydrogen-bond acceptors (Lipinski definition) is 4. The molecule has 0 unspecified atom stereocenters. The molecule has 2 N–H and O–H groups in total. The molecule has 1 fully saturated rings. The second kappa shape index (κ2) is 8.45. The molecule has 1 aromatic heterocycles. The number of hydrogen-bond donors (Lipinski definition) is 2. The van der Waals surface area contributed by atoms with Gasteiger partial charge in [0.05, 0.1) is 17.8 Å². The third-order valence-corrected chi connectivity index (χ3v) is 5.57. The zero-order chi connectivity index (χ0) is 17.6. The number of nitrogens with one attached hydrogen (secondary N) is 2. The number of amides is 2. The zero-order valence-corrected chi connectivity index (χ0v) is 15.3. The third-order valence-electron chi connectivity index (χ3n) is 4.21. The van der Waals surface area contributed by atoms with E-state index in [1.807, 2.05) is 18.2 Å². The summed E-state index contributed by atoms with van der Waals surface area (Å²) in [5.74, 6) is -0.439. The van der Waals surface area contributed by atoms with E-state index in [1.165, 1.54) is 24.0 Å². The van der Waals surface area contributed by atoms with Crippen molar-refractivity contribution >= 4 is 34.8 Å².